The second-order valence-corrected chi connectivity index (χ2v) is 6.17. The maximum Gasteiger partial charge on any atom is 0.246 e. The Morgan fingerprint density at radius 1 is 1.48 bits per heavy atom. The summed E-state index contributed by atoms with van der Waals surface area (Å²) in [5.41, 5.74) is 1.68. The minimum atomic E-state index is -0.00414. The van der Waals surface area contributed by atoms with Gasteiger partial charge in [0.15, 0.2) is 0 Å². The molecule has 1 aromatic rings. The van der Waals surface area contributed by atoms with E-state index in [0.29, 0.717) is 11.1 Å². The second-order valence-electron chi connectivity index (χ2n) is 5.81. The zero-order chi connectivity index (χ0) is 16.0. The molecule has 0 aliphatic carbocycles. The number of unbranched alkanes of at least 4 members (excludes halogenated alkanes) is 1. The molecule has 1 heterocycles. The third-order valence-corrected chi connectivity index (χ3v) is 3.66. The van der Waals surface area contributed by atoms with Crippen molar-refractivity contribution in [1.29, 1.82) is 0 Å². The first-order chi connectivity index (χ1) is 9.86. The van der Waals surface area contributed by atoms with Crippen LogP contribution in [-0.2, 0) is 11.3 Å². The van der Waals surface area contributed by atoms with Crippen LogP contribution in [0.1, 0.15) is 44.9 Å². The lowest BCUT2D eigenvalue weighted by atomic mass is 10.2. The summed E-state index contributed by atoms with van der Waals surface area (Å²) in [5, 5.41) is 5.03. The van der Waals surface area contributed by atoms with Crippen LogP contribution < -0.4 is 0 Å². The van der Waals surface area contributed by atoms with Gasteiger partial charge in [-0.3, -0.25) is 9.48 Å². The van der Waals surface area contributed by atoms with Gasteiger partial charge in [-0.25, -0.2) is 0 Å². The Labute approximate surface area is 132 Å². The van der Waals surface area contributed by atoms with E-state index in [1.807, 2.05) is 14.0 Å². The highest BCUT2D eigenvalue weighted by molar-refractivity contribution is 6.31. The molecule has 0 N–H and O–H groups in total. The molecule has 0 aliphatic rings. The van der Waals surface area contributed by atoms with Crippen LogP contribution in [0.2, 0.25) is 5.15 Å². The number of carbonyl (C=O) groups is 1. The van der Waals surface area contributed by atoms with Crippen molar-refractivity contribution in [2.45, 2.75) is 47.1 Å². The summed E-state index contributed by atoms with van der Waals surface area (Å²) < 4.78 is 1.80. The van der Waals surface area contributed by atoms with Crippen LogP contribution >= 0.6 is 11.6 Å². The van der Waals surface area contributed by atoms with Gasteiger partial charge in [-0.05, 0) is 25.3 Å². The molecular weight excluding hydrogens is 286 g/mol. The maximum absolute atomic E-state index is 12.0. The smallest absolute Gasteiger partial charge is 0.246 e. The van der Waals surface area contributed by atoms with Crippen LogP contribution in [0.4, 0.5) is 0 Å². The standard InChI is InChI=1S/C16H26ClN3O/c1-6-7-10-19(5)15(21)9-8-14-13(4)18-20(16(14)17)11-12(2)3/h8-9,12H,6-7,10-11H2,1-5H3. The summed E-state index contributed by atoms with van der Waals surface area (Å²) in [7, 11) is 1.82. The van der Waals surface area contributed by atoms with E-state index in [2.05, 4.69) is 25.9 Å². The number of aromatic nitrogens is 2. The molecular formula is C16H26ClN3O. The van der Waals surface area contributed by atoms with Crippen LogP contribution in [0.3, 0.4) is 0 Å². The Balaban J connectivity index is 2.80. The third kappa shape index (κ3) is 5.20. The van der Waals surface area contributed by atoms with Gasteiger partial charge < -0.3 is 4.90 Å². The van der Waals surface area contributed by atoms with E-state index >= 15 is 0 Å². The third-order valence-electron chi connectivity index (χ3n) is 3.26. The summed E-state index contributed by atoms with van der Waals surface area (Å²) >= 11 is 6.34. The van der Waals surface area contributed by atoms with Crippen LogP contribution in [0.25, 0.3) is 6.08 Å². The van der Waals surface area contributed by atoms with Crippen LogP contribution in [0.5, 0.6) is 0 Å². The highest BCUT2D eigenvalue weighted by atomic mass is 35.5. The average Bonchev–Trinajstić information content (AvgIpc) is 2.67. The molecule has 0 fully saturated rings. The van der Waals surface area contributed by atoms with Gasteiger partial charge in [0.05, 0.1) is 5.69 Å². The normalized spacial score (nSPS) is 11.6. The predicted octanol–water partition coefficient (Wildman–Crippen LogP) is 3.77. The summed E-state index contributed by atoms with van der Waals surface area (Å²) in [5.74, 6) is 0.468. The molecule has 4 nitrogen and oxygen atoms in total. The Kier molecular flexibility index (Phi) is 6.96. The molecule has 0 saturated heterocycles. The van der Waals surface area contributed by atoms with Crippen molar-refractivity contribution in [1.82, 2.24) is 14.7 Å². The zero-order valence-corrected chi connectivity index (χ0v) is 14.4. The lowest BCUT2D eigenvalue weighted by molar-refractivity contribution is -0.124. The van der Waals surface area contributed by atoms with Gasteiger partial charge in [0.1, 0.15) is 5.15 Å². The number of rotatable bonds is 7. The molecule has 5 heteroatoms. The van der Waals surface area contributed by atoms with Crippen molar-refractivity contribution in [3.63, 3.8) is 0 Å². The van der Waals surface area contributed by atoms with Crippen molar-refractivity contribution >= 4 is 23.6 Å². The number of likely N-dealkylation sites (N-methyl/N-ethyl adjacent to an activating group) is 1. The van der Waals surface area contributed by atoms with E-state index in [9.17, 15) is 4.79 Å². The zero-order valence-electron chi connectivity index (χ0n) is 13.7. The molecule has 0 atom stereocenters. The summed E-state index contributed by atoms with van der Waals surface area (Å²) in [6.07, 6.45) is 5.44. The van der Waals surface area contributed by atoms with Crippen LogP contribution in [0.15, 0.2) is 6.08 Å². The summed E-state index contributed by atoms with van der Waals surface area (Å²) in [6.45, 7) is 9.81. The maximum atomic E-state index is 12.0. The lowest BCUT2D eigenvalue weighted by Gasteiger charge is -2.13. The molecule has 0 radical (unpaired) electrons. The van der Waals surface area contributed by atoms with Crippen molar-refractivity contribution < 1.29 is 4.79 Å². The topological polar surface area (TPSA) is 38.1 Å². The molecule has 0 unspecified atom stereocenters. The van der Waals surface area contributed by atoms with Crippen molar-refractivity contribution in [3.8, 4) is 0 Å². The second kappa shape index (κ2) is 8.23. The first-order valence-corrected chi connectivity index (χ1v) is 7.90. The molecule has 1 aromatic heterocycles. The molecule has 0 aliphatic heterocycles. The van der Waals surface area contributed by atoms with Gasteiger partial charge in [-0.15, -0.1) is 0 Å². The first-order valence-electron chi connectivity index (χ1n) is 7.52. The van der Waals surface area contributed by atoms with Gasteiger partial charge in [-0.1, -0.05) is 38.8 Å². The molecule has 1 amide bonds. The Morgan fingerprint density at radius 3 is 2.71 bits per heavy atom. The number of hydrogen-bond donors (Lipinski definition) is 0. The van der Waals surface area contributed by atoms with Gasteiger partial charge in [0.25, 0.3) is 0 Å². The van der Waals surface area contributed by atoms with Gasteiger partial charge >= 0.3 is 0 Å². The van der Waals surface area contributed by atoms with E-state index < -0.39 is 0 Å². The molecule has 118 valence electrons. The van der Waals surface area contributed by atoms with E-state index in [-0.39, 0.29) is 5.91 Å². The Morgan fingerprint density at radius 2 is 2.14 bits per heavy atom. The lowest BCUT2D eigenvalue weighted by Crippen LogP contribution is -2.25. The van der Waals surface area contributed by atoms with Crippen molar-refractivity contribution in [2.75, 3.05) is 13.6 Å². The van der Waals surface area contributed by atoms with Crippen molar-refractivity contribution in [3.05, 3.63) is 22.5 Å². The monoisotopic (exact) mass is 311 g/mol. The SMILES string of the molecule is CCCCN(C)C(=O)C=Cc1c(C)nn(CC(C)C)c1Cl. The van der Waals surface area contributed by atoms with Crippen LogP contribution in [0, 0.1) is 12.8 Å². The van der Waals surface area contributed by atoms with E-state index in [1.54, 1.807) is 21.7 Å². The van der Waals surface area contributed by atoms with Gasteiger partial charge in [0, 0.05) is 31.8 Å². The number of amides is 1. The Hall–Kier alpha value is -1.29. The van der Waals surface area contributed by atoms with Crippen molar-refractivity contribution in [2.24, 2.45) is 5.92 Å². The van der Waals surface area contributed by atoms with E-state index in [4.69, 9.17) is 11.6 Å². The average molecular weight is 312 g/mol. The predicted molar refractivity (Wildman–Crippen MR) is 88.4 cm³/mol. The highest BCUT2D eigenvalue weighted by Gasteiger charge is 2.12. The van der Waals surface area contributed by atoms with Gasteiger partial charge in [-0.2, -0.15) is 5.10 Å². The molecule has 0 saturated carbocycles. The summed E-state index contributed by atoms with van der Waals surface area (Å²) in [4.78, 5) is 13.7. The first kappa shape index (κ1) is 17.8. The molecule has 0 bridgehead atoms. The van der Waals surface area contributed by atoms with E-state index in [0.717, 1.165) is 37.2 Å². The molecule has 21 heavy (non-hydrogen) atoms. The number of aryl methyl sites for hydroxylation is 1. The number of nitrogens with zero attached hydrogens (tertiary/aromatic N) is 3. The molecule has 1 rings (SSSR count). The fraction of sp³-hybridized carbons (Fsp3) is 0.625. The fourth-order valence-electron chi connectivity index (χ4n) is 2.01. The highest BCUT2D eigenvalue weighted by Crippen LogP contribution is 2.22. The largest absolute Gasteiger partial charge is 0.342 e. The Bertz CT molecular complexity index is 506. The number of carbonyl (C=O) groups excluding carboxylic acids is 1. The molecule has 0 spiro atoms. The number of hydrogen-bond acceptors (Lipinski definition) is 2. The van der Waals surface area contributed by atoms with Gasteiger partial charge in [0.2, 0.25) is 5.91 Å². The van der Waals surface area contributed by atoms with E-state index in [1.165, 1.54) is 0 Å². The number of halogens is 1. The van der Waals surface area contributed by atoms with Crippen LogP contribution in [-0.4, -0.2) is 34.2 Å². The summed E-state index contributed by atoms with van der Waals surface area (Å²) in [6, 6.07) is 0. The quantitative estimate of drug-likeness (QED) is 0.719. The molecule has 0 aromatic carbocycles. The fourth-order valence-corrected chi connectivity index (χ4v) is 2.32. The minimum absolute atomic E-state index is 0.00414. The minimum Gasteiger partial charge on any atom is -0.342 e.